The number of carbonyl (C=O) groups is 4. The molecule has 7 rings (SSSR count). The van der Waals surface area contributed by atoms with Gasteiger partial charge in [0.05, 0.1) is 29.5 Å². The van der Waals surface area contributed by atoms with Crippen LogP contribution in [0.1, 0.15) is 172 Å². The predicted molar refractivity (Wildman–Crippen MR) is 264 cm³/mol. The number of aliphatic hydroxyl groups excluding tert-OH is 4. The second-order valence-electron chi connectivity index (χ2n) is 26.0. The number of likely N-dealkylation sites (tertiary alicyclic amines) is 1. The van der Waals surface area contributed by atoms with E-state index in [0.717, 1.165) is 96.6 Å². The van der Waals surface area contributed by atoms with Crippen molar-refractivity contribution in [2.45, 2.75) is 209 Å². The van der Waals surface area contributed by atoms with Crippen molar-refractivity contribution in [1.29, 1.82) is 0 Å². The molecule has 0 bridgehead atoms. The monoisotopic (exact) mass is 972 g/mol. The first-order chi connectivity index (χ1) is 32.0. The number of hydrogen-bond donors (Lipinski definition) is 8. The van der Waals surface area contributed by atoms with Crippen LogP contribution in [0.25, 0.3) is 0 Å². The van der Waals surface area contributed by atoms with Gasteiger partial charge < -0.3 is 50.9 Å². The first-order valence-corrected chi connectivity index (χ1v) is 26.7. The number of carboxylic acid groups (broad SMARTS) is 1. The molecule has 1 heterocycles. The fourth-order valence-corrected chi connectivity index (χ4v) is 16.5. The molecule has 6 aliphatic carbocycles. The number of aliphatic hydroxyl groups is 5. The van der Waals surface area contributed by atoms with E-state index in [-0.39, 0.29) is 76.4 Å². The highest BCUT2D eigenvalue weighted by atomic mass is 16.5. The van der Waals surface area contributed by atoms with Crippen LogP contribution in [0.3, 0.4) is 0 Å². The predicted octanol–water partition coefficient (Wildman–Crippen LogP) is 6.59. The lowest BCUT2D eigenvalue weighted by Crippen LogP contribution is -2.68. The highest BCUT2D eigenvalue weighted by molar-refractivity contribution is 5.86. The summed E-state index contributed by atoms with van der Waals surface area (Å²) in [6, 6.07) is 0.0193. The Balaban J connectivity index is 0.000000527. The van der Waals surface area contributed by atoms with Gasteiger partial charge in [-0.25, -0.2) is 0 Å². The number of likely N-dealkylation sites (N-methyl/N-ethyl adjacent to an activating group) is 1. The highest BCUT2D eigenvalue weighted by Crippen LogP contribution is 2.77. The van der Waals surface area contributed by atoms with Gasteiger partial charge in [0, 0.05) is 43.4 Å². The molecule has 0 aromatic carbocycles. The molecular formula is C55H93N3O11. The van der Waals surface area contributed by atoms with Gasteiger partial charge in [0.25, 0.3) is 0 Å². The SMILES string of the molecule is C=C(C)[C@@H]1CC[C@]2(C(=O)NC3C[C@H](C(=O)N4CCCCC4)C3(C)C)CC[C@]3(C)C(CCC4[C@@]5(C)CC[C@H](OC(=O)CC(C)(C)C(=O)O)C(C)(C)C5CC[C@]43C)C12.CNC[C@@H](O)[C@H](O)[C@H](O)CC(O)O. The van der Waals surface area contributed by atoms with Crippen LogP contribution in [0.15, 0.2) is 12.2 Å². The number of amides is 2. The van der Waals surface area contributed by atoms with Gasteiger partial charge >= 0.3 is 11.9 Å². The maximum absolute atomic E-state index is 15.0. The van der Waals surface area contributed by atoms with Crippen LogP contribution in [0.4, 0.5) is 0 Å². The lowest BCUT2D eigenvalue weighted by molar-refractivity contribution is -0.249. The number of carboxylic acids is 1. The number of carbonyl (C=O) groups excluding carboxylic acids is 3. The van der Waals surface area contributed by atoms with Gasteiger partial charge in [0.1, 0.15) is 12.2 Å². The average molecular weight is 972 g/mol. The molecule has 0 spiro atoms. The van der Waals surface area contributed by atoms with Crippen molar-refractivity contribution in [3.63, 3.8) is 0 Å². The van der Waals surface area contributed by atoms with Crippen LogP contribution in [-0.2, 0) is 23.9 Å². The Bertz CT molecular complexity index is 1900. The number of rotatable bonds is 14. The number of hydrogen-bond acceptors (Lipinski definition) is 11. The molecule has 15 atom stereocenters. The van der Waals surface area contributed by atoms with Crippen molar-refractivity contribution in [3.05, 3.63) is 12.2 Å². The number of nitrogens with one attached hydrogen (secondary N) is 2. The molecule has 0 radical (unpaired) electrons. The zero-order valence-electron chi connectivity index (χ0n) is 44.2. The summed E-state index contributed by atoms with van der Waals surface area (Å²) in [5, 5.41) is 60.3. The summed E-state index contributed by atoms with van der Waals surface area (Å²) >= 11 is 0. The summed E-state index contributed by atoms with van der Waals surface area (Å²) in [6.07, 6.45) is 8.12. The molecule has 1 aliphatic heterocycles. The Morgan fingerprint density at radius 1 is 0.783 bits per heavy atom. The van der Waals surface area contributed by atoms with Gasteiger partial charge in [-0.05, 0) is 169 Å². The molecule has 14 nitrogen and oxygen atoms in total. The Labute approximate surface area is 413 Å². The third-order valence-electron chi connectivity index (χ3n) is 21.1. The quantitative estimate of drug-likeness (QED) is 0.0525. The number of piperidine rings is 1. The van der Waals surface area contributed by atoms with Crippen LogP contribution in [0, 0.1) is 73.4 Å². The molecule has 5 unspecified atom stereocenters. The smallest absolute Gasteiger partial charge is 0.309 e. The van der Waals surface area contributed by atoms with Gasteiger partial charge in [0.15, 0.2) is 6.29 Å². The fourth-order valence-electron chi connectivity index (χ4n) is 16.5. The van der Waals surface area contributed by atoms with Crippen LogP contribution in [0.5, 0.6) is 0 Å². The van der Waals surface area contributed by atoms with E-state index in [1.54, 1.807) is 20.9 Å². The summed E-state index contributed by atoms with van der Waals surface area (Å²) in [5.41, 5.74) is -0.492. The number of fused-ring (bicyclic) bond motifs is 7. The third-order valence-corrected chi connectivity index (χ3v) is 21.1. The van der Waals surface area contributed by atoms with E-state index in [2.05, 4.69) is 77.5 Å². The normalized spacial score (nSPS) is 39.1. The minimum Gasteiger partial charge on any atom is -0.481 e. The average Bonchev–Trinajstić information content (AvgIpc) is 3.67. The summed E-state index contributed by atoms with van der Waals surface area (Å²) in [4.78, 5) is 55.6. The van der Waals surface area contributed by atoms with Gasteiger partial charge in [0.2, 0.25) is 11.8 Å². The van der Waals surface area contributed by atoms with Gasteiger partial charge in [-0.1, -0.05) is 60.6 Å². The number of allylic oxidation sites excluding steroid dienone is 1. The molecule has 0 aromatic heterocycles. The number of ether oxygens (including phenoxy) is 1. The summed E-state index contributed by atoms with van der Waals surface area (Å²) in [6.45, 7) is 28.6. The topological polar surface area (TPSA) is 226 Å². The Hall–Kier alpha value is -2.62. The molecule has 7 fully saturated rings. The molecule has 7 aliphatic rings. The first-order valence-electron chi connectivity index (χ1n) is 26.7. The fraction of sp³-hybridized carbons (Fsp3) is 0.891. The van der Waals surface area contributed by atoms with E-state index >= 15 is 4.79 Å². The van der Waals surface area contributed by atoms with Gasteiger partial charge in [-0.2, -0.15) is 0 Å². The van der Waals surface area contributed by atoms with Crippen molar-refractivity contribution in [2.75, 3.05) is 26.7 Å². The summed E-state index contributed by atoms with van der Waals surface area (Å²) in [5.74, 6) is 1.12. The Morgan fingerprint density at radius 3 is 2.01 bits per heavy atom. The second-order valence-corrected chi connectivity index (χ2v) is 26.0. The van der Waals surface area contributed by atoms with Crippen LogP contribution in [0.2, 0.25) is 0 Å². The molecule has 8 N–H and O–H groups in total. The van der Waals surface area contributed by atoms with Crippen molar-refractivity contribution >= 4 is 23.8 Å². The lowest BCUT2D eigenvalue weighted by atomic mass is 9.32. The molecule has 69 heavy (non-hydrogen) atoms. The maximum Gasteiger partial charge on any atom is 0.309 e. The van der Waals surface area contributed by atoms with Crippen molar-refractivity contribution in [3.8, 4) is 0 Å². The number of esters is 1. The van der Waals surface area contributed by atoms with E-state index in [9.17, 15) is 24.6 Å². The maximum atomic E-state index is 15.0. The first kappa shape index (κ1) is 55.7. The summed E-state index contributed by atoms with van der Waals surface area (Å²) in [7, 11) is 1.59. The van der Waals surface area contributed by atoms with Gasteiger partial charge in [-0.15, -0.1) is 0 Å². The zero-order valence-corrected chi connectivity index (χ0v) is 44.2. The molecule has 2 amide bonds. The number of aliphatic carboxylic acids is 1. The molecule has 1 saturated heterocycles. The van der Waals surface area contributed by atoms with Gasteiger partial charge in [-0.3, -0.25) is 19.2 Å². The van der Waals surface area contributed by atoms with E-state index in [1.165, 1.54) is 12.0 Å². The largest absolute Gasteiger partial charge is 0.481 e. The second kappa shape index (κ2) is 20.4. The Kier molecular flexibility index (Phi) is 16.4. The molecular weight excluding hydrogens is 879 g/mol. The molecule has 0 aromatic rings. The van der Waals surface area contributed by atoms with Crippen molar-refractivity contribution < 1.29 is 54.6 Å². The number of nitrogens with zero attached hydrogens (tertiary/aromatic N) is 1. The third kappa shape index (κ3) is 9.96. The van der Waals surface area contributed by atoms with Crippen LogP contribution < -0.4 is 10.6 Å². The van der Waals surface area contributed by atoms with Crippen molar-refractivity contribution in [2.24, 2.45) is 73.4 Å². The zero-order chi connectivity index (χ0) is 51.4. The van der Waals surface area contributed by atoms with E-state index in [1.807, 2.05) is 0 Å². The molecule has 14 heteroatoms. The molecule has 6 saturated carbocycles. The van der Waals surface area contributed by atoms with Crippen LogP contribution >= 0.6 is 0 Å². The van der Waals surface area contributed by atoms with E-state index in [4.69, 9.17) is 25.2 Å². The van der Waals surface area contributed by atoms with Crippen LogP contribution in [-0.4, -0.2) is 123 Å². The standard InChI is InChI=1S/C48H76N2O6.C7H17NO5/c1-29(2)30-17-22-48(40(53)49-35-27-32(43(35,5)6)39(52)50-25-13-12-14-26-50)24-23-46(10)31(38(30)48)15-16-34-45(9)20-19-36(56-37(51)28-42(3,4)41(54)55)44(7,8)33(45)18-21-47(34,46)11;1-8-3-5(10)7(13)4(9)2-6(11)12/h30-36,38H,1,12-28H2,2-11H3,(H,49,53)(H,54,55);4-13H,2-3H2,1H3/t30-,31?,32+,33?,34?,35?,36-,38?,45-,46+,47+,48-;4-,5-,7-/m01/s1. The Morgan fingerprint density at radius 2 is 1.43 bits per heavy atom. The van der Waals surface area contributed by atoms with E-state index < -0.39 is 47.4 Å². The van der Waals surface area contributed by atoms with Crippen molar-refractivity contribution in [1.82, 2.24) is 15.5 Å². The minimum atomic E-state index is -1.69. The summed E-state index contributed by atoms with van der Waals surface area (Å²) < 4.78 is 6.20. The highest BCUT2D eigenvalue weighted by Gasteiger charge is 2.72. The lowest BCUT2D eigenvalue weighted by Gasteiger charge is -2.73. The van der Waals surface area contributed by atoms with E-state index in [0.29, 0.717) is 29.6 Å². The molecule has 394 valence electrons. The minimum absolute atomic E-state index is 0.0193.